The van der Waals surface area contributed by atoms with Gasteiger partial charge in [0.25, 0.3) is 6.71 Å². The third kappa shape index (κ3) is 6.57. The number of nitrogens with zero attached hydrogens (tertiary/aromatic N) is 3. The molecular formula is C68H62BN3. The standard InChI is InChI=1S/C68H62BN3/c1-65(2,3)50-30-35-53(36-31-50)71-61-38-32-51(66(4,5)6)42-58(61)69-57-41-49(46-21-13-10-14-22-46)29-37-60(57)70(52-33-27-47(28-34-52)45-19-11-9-12-20-45)62-43-54(44-63(71)64(62)69)72-59-26-18-17-25-56(59)67(7)40-39-48-23-15-16-24-55(48)68(67,72)8/h9-38,41-44H,39-40H2,1-8H3. The van der Waals surface area contributed by atoms with Crippen LogP contribution >= 0.6 is 0 Å². The molecule has 2 atom stereocenters. The molecule has 9 aromatic carbocycles. The highest BCUT2D eigenvalue weighted by atomic mass is 15.3. The van der Waals surface area contributed by atoms with Crippen molar-refractivity contribution in [3.63, 3.8) is 0 Å². The Morgan fingerprint density at radius 1 is 0.403 bits per heavy atom. The first-order valence-corrected chi connectivity index (χ1v) is 26.1. The van der Waals surface area contributed by atoms with Gasteiger partial charge in [-0.1, -0.05) is 200 Å². The average Bonchev–Trinajstić information content (AvgIpc) is 3.61. The quantitative estimate of drug-likeness (QED) is 0.159. The van der Waals surface area contributed by atoms with Crippen molar-refractivity contribution < 1.29 is 0 Å². The molecule has 0 fully saturated rings. The summed E-state index contributed by atoms with van der Waals surface area (Å²) in [6.45, 7) is 19.0. The van der Waals surface area contributed by atoms with E-state index >= 15 is 0 Å². The molecule has 352 valence electrons. The van der Waals surface area contributed by atoms with E-state index in [1.54, 1.807) is 0 Å². The van der Waals surface area contributed by atoms with Crippen LogP contribution in [-0.4, -0.2) is 6.71 Å². The van der Waals surface area contributed by atoms with E-state index in [1.165, 1.54) is 101 Å². The zero-order valence-corrected chi connectivity index (χ0v) is 43.0. The summed E-state index contributed by atoms with van der Waals surface area (Å²) in [5.74, 6) is 0. The fourth-order valence-corrected chi connectivity index (χ4v) is 13.2. The summed E-state index contributed by atoms with van der Waals surface area (Å²) < 4.78 is 0. The number of hydrogen-bond acceptors (Lipinski definition) is 3. The summed E-state index contributed by atoms with van der Waals surface area (Å²) in [4.78, 5) is 7.94. The van der Waals surface area contributed by atoms with Gasteiger partial charge in [0.05, 0.1) is 5.54 Å². The van der Waals surface area contributed by atoms with E-state index in [0.29, 0.717) is 0 Å². The normalized spacial score (nSPS) is 18.4. The van der Waals surface area contributed by atoms with Crippen molar-refractivity contribution in [1.82, 2.24) is 0 Å². The molecule has 0 amide bonds. The van der Waals surface area contributed by atoms with Gasteiger partial charge < -0.3 is 14.7 Å². The lowest BCUT2D eigenvalue weighted by atomic mass is 9.33. The minimum Gasteiger partial charge on any atom is -0.330 e. The molecule has 72 heavy (non-hydrogen) atoms. The maximum atomic E-state index is 2.75. The Kier molecular flexibility index (Phi) is 9.85. The van der Waals surface area contributed by atoms with E-state index in [0.717, 1.165) is 24.2 Å². The van der Waals surface area contributed by atoms with Gasteiger partial charge in [-0.3, -0.25) is 0 Å². The van der Waals surface area contributed by atoms with Gasteiger partial charge in [0.2, 0.25) is 0 Å². The third-order valence-electron chi connectivity index (χ3n) is 17.2. The molecule has 0 saturated heterocycles. The summed E-state index contributed by atoms with van der Waals surface area (Å²) in [5, 5.41) is 0. The number of fused-ring (bicyclic) bond motifs is 9. The van der Waals surface area contributed by atoms with Crippen molar-refractivity contribution >= 4 is 68.6 Å². The molecule has 3 nitrogen and oxygen atoms in total. The highest BCUT2D eigenvalue weighted by Crippen LogP contribution is 2.64. The molecule has 3 heterocycles. The van der Waals surface area contributed by atoms with Gasteiger partial charge in [0, 0.05) is 50.9 Å². The number of anilines is 8. The van der Waals surface area contributed by atoms with Crippen LogP contribution < -0.4 is 31.1 Å². The maximum absolute atomic E-state index is 2.75. The van der Waals surface area contributed by atoms with E-state index in [1.807, 2.05) is 0 Å². The Morgan fingerprint density at radius 2 is 0.889 bits per heavy atom. The lowest BCUT2D eigenvalue weighted by molar-refractivity contribution is 0.245. The zero-order valence-electron chi connectivity index (χ0n) is 43.0. The number of rotatable bonds is 5. The Morgan fingerprint density at radius 3 is 1.51 bits per heavy atom. The van der Waals surface area contributed by atoms with Crippen molar-refractivity contribution in [3.05, 3.63) is 234 Å². The van der Waals surface area contributed by atoms with Crippen LogP contribution in [0.1, 0.15) is 89.6 Å². The van der Waals surface area contributed by atoms with Gasteiger partial charge in [-0.25, -0.2) is 0 Å². The summed E-state index contributed by atoms with van der Waals surface area (Å²) in [7, 11) is 0. The van der Waals surface area contributed by atoms with Gasteiger partial charge in [-0.05, 0) is 152 Å². The first-order valence-electron chi connectivity index (χ1n) is 26.1. The predicted octanol–water partition coefficient (Wildman–Crippen LogP) is 16.0. The van der Waals surface area contributed by atoms with Crippen molar-refractivity contribution in [2.24, 2.45) is 0 Å². The van der Waals surface area contributed by atoms with Crippen molar-refractivity contribution in [2.45, 2.75) is 90.0 Å². The number of hydrogen-bond donors (Lipinski definition) is 0. The fourth-order valence-electron chi connectivity index (χ4n) is 13.2. The second-order valence-electron chi connectivity index (χ2n) is 23.3. The summed E-state index contributed by atoms with van der Waals surface area (Å²) in [6, 6.07) is 78.7. The number of benzene rings is 9. The van der Waals surface area contributed by atoms with Crippen LogP contribution in [0.2, 0.25) is 0 Å². The van der Waals surface area contributed by atoms with E-state index in [9.17, 15) is 0 Å². The minimum absolute atomic E-state index is 0.0163. The van der Waals surface area contributed by atoms with Crippen LogP contribution in [0.15, 0.2) is 206 Å². The molecule has 9 aromatic rings. The molecule has 4 aliphatic rings. The van der Waals surface area contributed by atoms with Crippen LogP contribution in [0.3, 0.4) is 0 Å². The Hall–Kier alpha value is -7.56. The molecule has 4 heteroatoms. The smallest absolute Gasteiger partial charge is 0.252 e. The van der Waals surface area contributed by atoms with E-state index in [2.05, 4.69) is 276 Å². The molecule has 1 aliphatic carbocycles. The second-order valence-corrected chi connectivity index (χ2v) is 23.3. The van der Waals surface area contributed by atoms with Crippen LogP contribution in [0.4, 0.5) is 45.5 Å². The molecule has 0 radical (unpaired) electrons. The maximum Gasteiger partial charge on any atom is 0.252 e. The van der Waals surface area contributed by atoms with Gasteiger partial charge in [0.15, 0.2) is 0 Å². The number of aryl methyl sites for hydroxylation is 1. The molecule has 3 aliphatic heterocycles. The summed E-state index contributed by atoms with van der Waals surface area (Å²) >= 11 is 0. The fraction of sp³-hybridized carbons (Fsp3) is 0.206. The molecule has 2 unspecified atom stereocenters. The Labute approximate surface area is 427 Å². The average molecular weight is 932 g/mol. The lowest BCUT2D eigenvalue weighted by Crippen LogP contribution is -2.61. The molecule has 0 bridgehead atoms. The lowest BCUT2D eigenvalue weighted by Gasteiger charge is -2.52. The zero-order chi connectivity index (χ0) is 49.3. The van der Waals surface area contributed by atoms with Crippen LogP contribution in [0, 0.1) is 0 Å². The second kappa shape index (κ2) is 16.0. The van der Waals surface area contributed by atoms with Crippen LogP contribution in [0.25, 0.3) is 22.3 Å². The van der Waals surface area contributed by atoms with E-state index in [-0.39, 0.29) is 28.5 Å². The van der Waals surface area contributed by atoms with E-state index in [4.69, 9.17) is 0 Å². The van der Waals surface area contributed by atoms with Crippen molar-refractivity contribution in [1.29, 1.82) is 0 Å². The van der Waals surface area contributed by atoms with Crippen molar-refractivity contribution in [3.8, 4) is 22.3 Å². The first kappa shape index (κ1) is 44.4. The van der Waals surface area contributed by atoms with Gasteiger partial charge in [-0.2, -0.15) is 0 Å². The van der Waals surface area contributed by atoms with Gasteiger partial charge >= 0.3 is 0 Å². The molecule has 0 N–H and O–H groups in total. The largest absolute Gasteiger partial charge is 0.330 e. The molecule has 0 saturated carbocycles. The Balaban J connectivity index is 1.15. The summed E-state index contributed by atoms with van der Waals surface area (Å²) in [6.07, 6.45) is 2.13. The topological polar surface area (TPSA) is 9.72 Å². The Bertz CT molecular complexity index is 3590. The van der Waals surface area contributed by atoms with E-state index < -0.39 is 0 Å². The third-order valence-corrected chi connectivity index (χ3v) is 17.2. The highest BCUT2D eigenvalue weighted by Gasteiger charge is 2.60. The first-order chi connectivity index (χ1) is 34.7. The highest BCUT2D eigenvalue weighted by molar-refractivity contribution is 7.00. The molecule has 0 aromatic heterocycles. The van der Waals surface area contributed by atoms with Gasteiger partial charge in [-0.15, -0.1) is 0 Å². The minimum atomic E-state index is -0.376. The molecule has 13 rings (SSSR count). The molecule has 0 spiro atoms. The monoisotopic (exact) mass is 932 g/mol. The number of para-hydroxylation sites is 1. The SMILES string of the molecule is CC(C)(C)c1ccc(N2c3ccc(C(C)(C)C)cc3B3c4cc(-c5ccccc5)ccc4N(c4ccc(-c5ccccc5)cc4)c4cc(N5c6ccccc6C6(C)CCc7ccccc7C56C)cc2c43)cc1. The van der Waals surface area contributed by atoms with Crippen molar-refractivity contribution in [2.75, 3.05) is 14.7 Å². The van der Waals surface area contributed by atoms with Crippen LogP contribution in [0.5, 0.6) is 0 Å². The van der Waals surface area contributed by atoms with Crippen LogP contribution in [-0.2, 0) is 28.2 Å². The molecular weight excluding hydrogens is 870 g/mol. The van der Waals surface area contributed by atoms with Gasteiger partial charge in [0.1, 0.15) is 0 Å². The predicted molar refractivity (Wildman–Crippen MR) is 307 cm³/mol. The summed E-state index contributed by atoms with van der Waals surface area (Å²) in [5.41, 5.74) is 24.9.